The minimum Gasteiger partial charge on any atom is -0.465 e. The van der Waals surface area contributed by atoms with E-state index < -0.39 is 18.0 Å². The number of carbonyl (C=O) groups excluding carboxylic acids is 2. The van der Waals surface area contributed by atoms with Gasteiger partial charge in [0, 0.05) is 18.9 Å². The first-order valence-electron chi connectivity index (χ1n) is 7.67. The van der Waals surface area contributed by atoms with Crippen LogP contribution in [0.1, 0.15) is 33.7 Å². The van der Waals surface area contributed by atoms with E-state index in [-0.39, 0.29) is 37.7 Å². The van der Waals surface area contributed by atoms with Crippen LogP contribution < -0.4 is 11.1 Å². The Morgan fingerprint density at radius 3 is 1.96 bits per heavy atom. The van der Waals surface area contributed by atoms with Gasteiger partial charge in [-0.05, 0) is 50.9 Å². The molecule has 0 N–H and O–H groups in total. The van der Waals surface area contributed by atoms with Crippen molar-refractivity contribution in [3.05, 3.63) is 65.3 Å². The molecule has 0 aliphatic heterocycles. The maximum absolute atomic E-state index is 12.4. The number of nitrogens with zero attached hydrogens (tertiary/aromatic N) is 2. The first-order chi connectivity index (χ1) is 12.7. The quantitative estimate of drug-likeness (QED) is 0.581. The number of hydrogen-bond acceptors (Lipinski definition) is 6. The normalized spacial score (nSPS) is 11.7. The Kier molecular flexibility index (Phi) is 6.77. The van der Waals surface area contributed by atoms with Crippen LogP contribution in [0, 0.1) is 0 Å². The second-order valence-corrected chi connectivity index (χ2v) is 7.36. The fourth-order valence-electron chi connectivity index (χ4n) is 2.46. The zero-order valence-corrected chi connectivity index (χ0v) is 17.9. The summed E-state index contributed by atoms with van der Waals surface area (Å²) in [5.41, 5.74) is -0.363. The van der Waals surface area contributed by atoms with Crippen molar-refractivity contribution in [2.24, 2.45) is 0 Å². The van der Waals surface area contributed by atoms with Gasteiger partial charge in [-0.15, -0.1) is 0 Å². The number of rotatable bonds is 5. The van der Waals surface area contributed by atoms with Gasteiger partial charge in [-0.1, -0.05) is 0 Å². The fraction of sp³-hybridized carbons (Fsp3) is 0.294. The molecule has 1 atom stereocenters. The van der Waals surface area contributed by atoms with Crippen LogP contribution in [-0.4, -0.2) is 35.3 Å². The molecule has 8 nitrogen and oxygen atoms in total. The van der Waals surface area contributed by atoms with Crippen LogP contribution >= 0.6 is 31.9 Å². The number of methoxy groups -OCH3 is 2. The highest BCUT2D eigenvalue weighted by Crippen LogP contribution is 2.15. The van der Waals surface area contributed by atoms with Gasteiger partial charge in [-0.2, -0.15) is 0 Å². The van der Waals surface area contributed by atoms with Gasteiger partial charge in [0.2, 0.25) is 0 Å². The summed E-state index contributed by atoms with van der Waals surface area (Å²) in [5, 5.41) is 0. The molecule has 0 spiro atoms. The molecule has 2 rings (SSSR count). The summed E-state index contributed by atoms with van der Waals surface area (Å²) in [6, 6.07) is 2.24. The van der Waals surface area contributed by atoms with Gasteiger partial charge in [0.15, 0.2) is 0 Å². The minimum atomic E-state index is -0.593. The van der Waals surface area contributed by atoms with Gasteiger partial charge in [0.1, 0.15) is 0 Å². The SMILES string of the molecule is COC(=O)c1cc(Br)c(=O)n(C[C@@H](C)n2cc(C(=O)OC)cc(Br)c2=O)c1. The lowest BCUT2D eigenvalue weighted by molar-refractivity contribution is 0.0590. The third-order valence-corrected chi connectivity index (χ3v) is 4.96. The standard InChI is InChI=1S/C17H16Br2N2O6/c1-9(21-8-11(17(25)27-3)5-13(19)15(21)23)6-20-7-10(16(24)26-2)4-12(18)14(20)22/h4-5,7-9H,6H2,1-3H3/t9-/m1/s1. The van der Waals surface area contributed by atoms with E-state index in [1.807, 2.05) is 0 Å². The second kappa shape index (κ2) is 8.66. The Labute approximate surface area is 171 Å². The number of hydrogen-bond donors (Lipinski definition) is 0. The first-order valence-corrected chi connectivity index (χ1v) is 9.26. The van der Waals surface area contributed by atoms with Crippen LogP contribution in [0.3, 0.4) is 0 Å². The maximum atomic E-state index is 12.4. The van der Waals surface area contributed by atoms with Crippen LogP contribution in [0.25, 0.3) is 0 Å². The molecule has 0 saturated heterocycles. The van der Waals surface area contributed by atoms with E-state index in [0.29, 0.717) is 0 Å². The first kappa shape index (κ1) is 21.1. The van der Waals surface area contributed by atoms with Crippen LogP contribution in [-0.2, 0) is 16.0 Å². The van der Waals surface area contributed by atoms with Crippen molar-refractivity contribution in [1.82, 2.24) is 9.13 Å². The lowest BCUT2D eigenvalue weighted by atomic mass is 10.2. The molecule has 0 aliphatic rings. The summed E-state index contributed by atoms with van der Waals surface area (Å²) in [6.07, 6.45) is 2.73. The van der Waals surface area contributed by atoms with Gasteiger partial charge in [-0.3, -0.25) is 9.59 Å². The van der Waals surface area contributed by atoms with Crippen molar-refractivity contribution < 1.29 is 19.1 Å². The van der Waals surface area contributed by atoms with Crippen LogP contribution in [0.5, 0.6) is 0 Å². The van der Waals surface area contributed by atoms with Crippen molar-refractivity contribution in [2.75, 3.05) is 14.2 Å². The monoisotopic (exact) mass is 502 g/mol. The largest absolute Gasteiger partial charge is 0.465 e. The van der Waals surface area contributed by atoms with E-state index in [2.05, 4.69) is 41.3 Å². The van der Waals surface area contributed by atoms with E-state index in [4.69, 9.17) is 0 Å². The van der Waals surface area contributed by atoms with Gasteiger partial charge in [0.05, 0.1) is 40.3 Å². The van der Waals surface area contributed by atoms with Crippen molar-refractivity contribution in [3.8, 4) is 0 Å². The third kappa shape index (κ3) is 4.56. The molecular formula is C17H16Br2N2O6. The predicted molar refractivity (Wildman–Crippen MR) is 104 cm³/mol. The second-order valence-electron chi connectivity index (χ2n) is 5.66. The molecule has 2 heterocycles. The van der Waals surface area contributed by atoms with Crippen LogP contribution in [0.4, 0.5) is 0 Å². The number of ether oxygens (including phenoxy) is 2. The summed E-state index contributed by atoms with van der Waals surface area (Å²) in [5.74, 6) is -1.19. The average Bonchev–Trinajstić information content (AvgIpc) is 2.65. The average molecular weight is 504 g/mol. The van der Waals surface area contributed by atoms with E-state index in [1.165, 1.54) is 47.9 Å². The molecule has 0 saturated carbocycles. The van der Waals surface area contributed by atoms with E-state index in [0.717, 1.165) is 0 Å². The van der Waals surface area contributed by atoms with Crippen LogP contribution in [0.15, 0.2) is 43.1 Å². The topological polar surface area (TPSA) is 96.6 Å². The van der Waals surface area contributed by atoms with Crippen molar-refractivity contribution in [3.63, 3.8) is 0 Å². The summed E-state index contributed by atoms with van der Waals surface area (Å²) in [6.45, 7) is 1.79. The molecule has 2 aromatic heterocycles. The molecular weight excluding hydrogens is 488 g/mol. The van der Waals surface area contributed by atoms with Crippen LogP contribution in [0.2, 0.25) is 0 Å². The summed E-state index contributed by atoms with van der Waals surface area (Å²) < 4.78 is 12.4. The highest BCUT2D eigenvalue weighted by molar-refractivity contribution is 9.10. The smallest absolute Gasteiger partial charge is 0.339 e. The number of carbonyl (C=O) groups is 2. The van der Waals surface area contributed by atoms with E-state index in [9.17, 15) is 19.2 Å². The molecule has 0 amide bonds. The molecule has 0 radical (unpaired) electrons. The summed E-state index contributed by atoms with van der Waals surface area (Å²) in [4.78, 5) is 48.4. The maximum Gasteiger partial charge on any atom is 0.339 e. The van der Waals surface area contributed by atoms with E-state index >= 15 is 0 Å². The number of pyridine rings is 2. The molecule has 0 bridgehead atoms. The van der Waals surface area contributed by atoms with Crippen molar-refractivity contribution in [1.29, 1.82) is 0 Å². The Balaban J connectivity index is 2.48. The van der Waals surface area contributed by atoms with Crippen molar-refractivity contribution >= 4 is 43.8 Å². The lowest BCUT2D eigenvalue weighted by Gasteiger charge is -2.18. The molecule has 0 aromatic carbocycles. The minimum absolute atomic E-state index is 0.0826. The Hall–Kier alpha value is -2.20. The molecule has 10 heteroatoms. The Bertz CT molecular complexity index is 1010. The highest BCUT2D eigenvalue weighted by atomic mass is 79.9. The molecule has 27 heavy (non-hydrogen) atoms. The molecule has 0 fully saturated rings. The summed E-state index contributed by atoms with van der Waals surface area (Å²) in [7, 11) is 2.48. The Morgan fingerprint density at radius 1 is 0.963 bits per heavy atom. The van der Waals surface area contributed by atoms with E-state index in [1.54, 1.807) is 6.92 Å². The molecule has 144 valence electrons. The highest BCUT2D eigenvalue weighted by Gasteiger charge is 2.17. The lowest BCUT2D eigenvalue weighted by Crippen LogP contribution is -2.31. The zero-order chi connectivity index (χ0) is 20.3. The molecule has 0 unspecified atom stereocenters. The molecule has 2 aromatic rings. The summed E-state index contributed by atoms with van der Waals surface area (Å²) >= 11 is 6.26. The number of halogens is 2. The van der Waals surface area contributed by atoms with Crippen molar-refractivity contribution in [2.45, 2.75) is 19.5 Å². The number of aromatic nitrogens is 2. The number of esters is 2. The van der Waals surface area contributed by atoms with Gasteiger partial charge >= 0.3 is 11.9 Å². The molecule has 0 aliphatic carbocycles. The zero-order valence-electron chi connectivity index (χ0n) is 14.7. The van der Waals surface area contributed by atoms with Gasteiger partial charge in [0.25, 0.3) is 11.1 Å². The van der Waals surface area contributed by atoms with Gasteiger partial charge < -0.3 is 18.6 Å². The fourth-order valence-corrected chi connectivity index (χ4v) is 3.39. The predicted octanol–water partition coefficient (Wildman–Crippen LogP) is 2.37. The Morgan fingerprint density at radius 2 is 1.44 bits per heavy atom. The third-order valence-electron chi connectivity index (χ3n) is 3.82. The van der Waals surface area contributed by atoms with Gasteiger partial charge in [-0.25, -0.2) is 9.59 Å².